The third-order valence-electron chi connectivity index (χ3n) is 11.3. The lowest BCUT2D eigenvalue weighted by atomic mass is 9.86. The first-order valence-electron chi connectivity index (χ1n) is 18.9. The van der Waals surface area contributed by atoms with Crippen LogP contribution in [-0.2, 0) is 27.4 Å². The molecule has 1 aromatic carbocycles. The lowest BCUT2D eigenvalue weighted by molar-refractivity contribution is -0.134. The second-order valence-corrected chi connectivity index (χ2v) is 15.7. The molecule has 15 heteroatoms. The molecule has 2 N–H and O–H groups in total. The monoisotopic (exact) mass is 804 g/mol. The van der Waals surface area contributed by atoms with E-state index in [1.165, 1.54) is 0 Å². The molecule has 3 saturated heterocycles. The van der Waals surface area contributed by atoms with E-state index < -0.39 is 5.82 Å². The average Bonchev–Trinajstić information content (AvgIpc) is 3.81. The Morgan fingerprint density at radius 2 is 1.70 bits per heavy atom. The maximum atomic E-state index is 15.7. The number of piperidine rings is 1. The number of methoxy groups -OCH3 is 2. The molecule has 0 aliphatic carbocycles. The van der Waals surface area contributed by atoms with E-state index >= 15 is 4.39 Å². The van der Waals surface area contributed by atoms with Crippen molar-refractivity contribution in [1.82, 2.24) is 35.0 Å². The molecule has 2 amide bonds. The third kappa shape index (κ3) is 8.62. The maximum Gasteiger partial charge on any atom is 0.248 e. The van der Waals surface area contributed by atoms with Gasteiger partial charge in [-0.1, -0.05) is 41.4 Å². The van der Waals surface area contributed by atoms with Crippen LogP contribution in [0, 0.1) is 11.2 Å². The van der Waals surface area contributed by atoms with Gasteiger partial charge in [0.25, 0.3) is 0 Å². The van der Waals surface area contributed by atoms with Gasteiger partial charge in [0, 0.05) is 106 Å². The van der Waals surface area contributed by atoms with Gasteiger partial charge in [-0.25, -0.2) is 14.4 Å². The molecular formula is C41H47Cl2FN8O4. The Labute approximate surface area is 336 Å². The standard InChI is InChI=1S/C41H47Cl2FN8O4/c1-26(53)51-17-11-29(12-18-51)47-21-27-9-15-46-39(37(27)44)48-33-6-4-5-31(35(33)42)38-36(43)30(10-16-45-38)32-8-7-28(40(49-32)56-3)22-50-19-13-41(24-50)14-20-52(25-41)34(54)23-55-2/h4-10,15-16,29,47H,11-14,17-25H2,1-3H3,(H,46,48). The molecule has 296 valence electrons. The van der Waals surface area contributed by atoms with Crippen LogP contribution in [0.5, 0.6) is 5.88 Å². The third-order valence-corrected chi connectivity index (χ3v) is 12.1. The zero-order valence-electron chi connectivity index (χ0n) is 31.9. The number of rotatable bonds is 12. The van der Waals surface area contributed by atoms with Crippen molar-refractivity contribution in [3.8, 4) is 28.4 Å². The number of benzene rings is 1. The highest BCUT2D eigenvalue weighted by Crippen LogP contribution is 2.42. The summed E-state index contributed by atoms with van der Waals surface area (Å²) in [6.07, 6.45) is 6.86. The molecule has 4 aromatic rings. The van der Waals surface area contributed by atoms with Crippen LogP contribution >= 0.6 is 23.2 Å². The van der Waals surface area contributed by atoms with Gasteiger partial charge in [-0.15, -0.1) is 0 Å². The van der Waals surface area contributed by atoms with Crippen molar-refractivity contribution >= 4 is 46.5 Å². The fourth-order valence-corrected chi connectivity index (χ4v) is 8.72. The Morgan fingerprint density at radius 1 is 0.911 bits per heavy atom. The minimum atomic E-state index is -0.479. The zero-order valence-corrected chi connectivity index (χ0v) is 33.4. The van der Waals surface area contributed by atoms with Gasteiger partial charge in [0.15, 0.2) is 11.6 Å². The summed E-state index contributed by atoms with van der Waals surface area (Å²) in [7, 11) is 3.16. The van der Waals surface area contributed by atoms with Crippen molar-refractivity contribution in [3.05, 3.63) is 81.8 Å². The number of nitrogens with zero attached hydrogens (tertiary/aromatic N) is 6. The smallest absolute Gasteiger partial charge is 0.248 e. The van der Waals surface area contributed by atoms with Crippen molar-refractivity contribution < 1.29 is 23.5 Å². The number of likely N-dealkylation sites (tertiary alicyclic amines) is 3. The SMILES string of the molecule is COCC(=O)N1CCC2(CCN(Cc3ccc(-c4ccnc(-c5cccc(Nc6nccc(CNC7CCN(C(C)=O)CC7)c6F)c5Cl)c4Cl)nc3OC)C2)C1. The molecule has 7 rings (SSSR count). The number of halogens is 3. The van der Waals surface area contributed by atoms with Gasteiger partial charge in [0.05, 0.1) is 34.2 Å². The highest BCUT2D eigenvalue weighted by molar-refractivity contribution is 6.39. The van der Waals surface area contributed by atoms with Crippen LogP contribution in [0.25, 0.3) is 22.5 Å². The molecule has 0 radical (unpaired) electrons. The van der Waals surface area contributed by atoms with Gasteiger partial charge in [0.1, 0.15) is 6.61 Å². The molecule has 12 nitrogen and oxygen atoms in total. The number of pyridine rings is 3. The van der Waals surface area contributed by atoms with E-state index in [0.29, 0.717) is 75.9 Å². The number of hydrogen-bond acceptors (Lipinski definition) is 10. The van der Waals surface area contributed by atoms with Crippen LogP contribution in [0.4, 0.5) is 15.9 Å². The Bertz CT molecular complexity index is 2080. The summed E-state index contributed by atoms with van der Waals surface area (Å²) in [5.41, 5.74) is 4.25. The number of carbonyl (C=O) groups is 2. The normalized spacial score (nSPS) is 18.9. The molecule has 1 unspecified atom stereocenters. The summed E-state index contributed by atoms with van der Waals surface area (Å²) in [4.78, 5) is 44.0. The van der Waals surface area contributed by atoms with Crippen molar-refractivity contribution in [2.45, 2.75) is 51.7 Å². The predicted octanol–water partition coefficient (Wildman–Crippen LogP) is 6.58. The van der Waals surface area contributed by atoms with Gasteiger partial charge in [-0.3, -0.25) is 19.5 Å². The van der Waals surface area contributed by atoms with E-state index in [4.69, 9.17) is 37.7 Å². The Morgan fingerprint density at radius 3 is 2.46 bits per heavy atom. The lowest BCUT2D eigenvalue weighted by Gasteiger charge is -2.31. The summed E-state index contributed by atoms with van der Waals surface area (Å²) < 4.78 is 26.6. The van der Waals surface area contributed by atoms with Gasteiger partial charge >= 0.3 is 0 Å². The molecule has 6 heterocycles. The van der Waals surface area contributed by atoms with E-state index in [2.05, 4.69) is 25.5 Å². The van der Waals surface area contributed by atoms with E-state index in [9.17, 15) is 9.59 Å². The van der Waals surface area contributed by atoms with Crippen LogP contribution in [0.15, 0.2) is 54.9 Å². The molecule has 56 heavy (non-hydrogen) atoms. The summed E-state index contributed by atoms with van der Waals surface area (Å²) in [6.45, 7) is 7.43. The second-order valence-electron chi connectivity index (χ2n) is 14.9. The van der Waals surface area contributed by atoms with Gasteiger partial charge in [-0.05, 0) is 56.5 Å². The minimum Gasteiger partial charge on any atom is -0.481 e. The summed E-state index contributed by atoms with van der Waals surface area (Å²) in [6, 6.07) is 12.9. The van der Waals surface area contributed by atoms with E-state index in [0.717, 1.165) is 57.4 Å². The molecule has 0 saturated carbocycles. The van der Waals surface area contributed by atoms with Crippen LogP contribution in [-0.4, -0.2) is 108 Å². The quantitative estimate of drug-likeness (QED) is 0.163. The van der Waals surface area contributed by atoms with E-state index in [1.54, 1.807) is 57.8 Å². The van der Waals surface area contributed by atoms with E-state index in [1.807, 2.05) is 28.0 Å². The first kappa shape index (κ1) is 39.8. The zero-order chi connectivity index (χ0) is 39.4. The second kappa shape index (κ2) is 17.4. The first-order valence-corrected chi connectivity index (χ1v) is 19.7. The molecule has 3 aromatic heterocycles. The molecule has 3 fully saturated rings. The molecule has 1 spiro atoms. The van der Waals surface area contributed by atoms with Crippen LogP contribution in [0.3, 0.4) is 0 Å². The van der Waals surface area contributed by atoms with Crippen molar-refractivity contribution in [2.24, 2.45) is 5.41 Å². The average molecular weight is 806 g/mol. The summed E-state index contributed by atoms with van der Waals surface area (Å²) in [5, 5.41) is 7.16. The topological polar surface area (TPSA) is 125 Å². The van der Waals surface area contributed by atoms with Crippen molar-refractivity contribution in [2.75, 3.05) is 65.4 Å². The highest BCUT2D eigenvalue weighted by Gasteiger charge is 2.44. The number of aromatic nitrogens is 3. The lowest BCUT2D eigenvalue weighted by Crippen LogP contribution is -2.44. The summed E-state index contributed by atoms with van der Waals surface area (Å²) in [5.74, 6) is 0.205. The fourth-order valence-electron chi connectivity index (χ4n) is 8.14. The fraction of sp³-hybridized carbons (Fsp3) is 0.439. The Kier molecular flexibility index (Phi) is 12.4. The van der Waals surface area contributed by atoms with Gasteiger partial charge in [-0.2, -0.15) is 0 Å². The Balaban J connectivity index is 1.04. The largest absolute Gasteiger partial charge is 0.481 e. The molecule has 3 aliphatic heterocycles. The Hall–Kier alpha value is -4.40. The molecule has 0 bridgehead atoms. The number of nitrogens with one attached hydrogen (secondary N) is 2. The van der Waals surface area contributed by atoms with Gasteiger partial charge in [0.2, 0.25) is 17.7 Å². The van der Waals surface area contributed by atoms with Crippen LogP contribution in [0.1, 0.15) is 43.7 Å². The number of anilines is 2. The van der Waals surface area contributed by atoms with E-state index in [-0.39, 0.29) is 35.7 Å². The molecule has 3 aliphatic rings. The van der Waals surface area contributed by atoms with Crippen LogP contribution in [0.2, 0.25) is 10.0 Å². The maximum absolute atomic E-state index is 15.7. The van der Waals surface area contributed by atoms with Crippen molar-refractivity contribution in [3.63, 3.8) is 0 Å². The number of amides is 2. The number of ether oxygens (including phenoxy) is 2. The highest BCUT2D eigenvalue weighted by atomic mass is 35.5. The van der Waals surface area contributed by atoms with Gasteiger partial charge < -0.3 is 29.9 Å². The molecular weight excluding hydrogens is 758 g/mol. The number of hydrogen-bond donors (Lipinski definition) is 2. The number of carbonyl (C=O) groups excluding carboxylic acids is 2. The predicted molar refractivity (Wildman–Crippen MR) is 214 cm³/mol. The molecule has 1 atom stereocenters. The first-order chi connectivity index (χ1) is 27.1. The minimum absolute atomic E-state index is 0.0467. The van der Waals surface area contributed by atoms with Crippen molar-refractivity contribution in [1.29, 1.82) is 0 Å². The summed E-state index contributed by atoms with van der Waals surface area (Å²) >= 11 is 14.0. The van der Waals surface area contributed by atoms with Crippen LogP contribution < -0.4 is 15.4 Å².